The number of carbonyl (C=O) groups excluding carboxylic acids is 3. The molecule has 0 unspecified atom stereocenters. The van der Waals surface area contributed by atoms with Crippen LogP contribution in [-0.4, -0.2) is 48.9 Å². The number of anilines is 1. The summed E-state index contributed by atoms with van der Waals surface area (Å²) < 4.78 is 5.36. The molecule has 38 heavy (non-hydrogen) atoms. The topological polar surface area (TPSA) is 79.0 Å². The van der Waals surface area contributed by atoms with E-state index < -0.39 is 6.04 Å². The summed E-state index contributed by atoms with van der Waals surface area (Å²) in [7, 11) is 1.61. The third kappa shape index (κ3) is 5.82. The van der Waals surface area contributed by atoms with E-state index in [-0.39, 0.29) is 24.1 Å². The molecule has 0 spiro atoms. The molecule has 1 aliphatic rings. The molecule has 0 saturated heterocycles. The van der Waals surface area contributed by atoms with Gasteiger partial charge in [-0.15, -0.1) is 0 Å². The number of nitrogens with one attached hydrogen (secondary N) is 1. The molecule has 0 fully saturated rings. The first-order valence-electron chi connectivity index (χ1n) is 13.5. The van der Waals surface area contributed by atoms with Crippen LogP contribution in [0.3, 0.4) is 0 Å². The normalized spacial score (nSPS) is 13.0. The third-order valence-corrected chi connectivity index (χ3v) is 7.12. The number of ether oxygens (including phenoxy) is 1. The first-order chi connectivity index (χ1) is 18.5. The van der Waals surface area contributed by atoms with E-state index in [9.17, 15) is 14.4 Å². The fourth-order valence-corrected chi connectivity index (χ4v) is 5.13. The maximum atomic E-state index is 13.6. The molecular weight excluding hydrogens is 478 g/mol. The van der Waals surface area contributed by atoms with Gasteiger partial charge < -0.3 is 19.9 Å². The van der Waals surface area contributed by atoms with Gasteiger partial charge in [-0.3, -0.25) is 14.4 Å². The highest BCUT2D eigenvalue weighted by atomic mass is 16.5. The van der Waals surface area contributed by atoms with Crippen molar-refractivity contribution in [3.63, 3.8) is 0 Å². The third-order valence-electron chi connectivity index (χ3n) is 7.12. The van der Waals surface area contributed by atoms with Crippen molar-refractivity contribution in [1.82, 2.24) is 10.2 Å². The lowest BCUT2D eigenvalue weighted by Gasteiger charge is -2.31. The number of nitrogens with zero attached hydrogens (tertiary/aromatic N) is 2. The number of rotatable bonds is 13. The molecule has 3 aromatic rings. The second-order valence-electron chi connectivity index (χ2n) is 9.68. The molecule has 1 aliphatic heterocycles. The van der Waals surface area contributed by atoms with Crippen molar-refractivity contribution in [1.29, 1.82) is 0 Å². The van der Waals surface area contributed by atoms with Crippen LogP contribution in [0.4, 0.5) is 5.69 Å². The van der Waals surface area contributed by atoms with Gasteiger partial charge in [-0.1, -0.05) is 56.7 Å². The number of hydrogen-bond acceptors (Lipinski definition) is 4. The largest absolute Gasteiger partial charge is 0.497 e. The first-order valence-corrected chi connectivity index (χ1v) is 13.5. The van der Waals surface area contributed by atoms with Crippen LogP contribution in [0.5, 0.6) is 5.75 Å². The fourth-order valence-electron chi connectivity index (χ4n) is 5.13. The summed E-state index contributed by atoms with van der Waals surface area (Å²) in [5.74, 6) is 0.442. The Kier molecular flexibility index (Phi) is 9.00. The lowest BCUT2D eigenvalue weighted by molar-refractivity contribution is -0.141. The zero-order valence-corrected chi connectivity index (χ0v) is 22.5. The van der Waals surface area contributed by atoms with Crippen molar-refractivity contribution in [2.45, 2.75) is 58.5 Å². The van der Waals surface area contributed by atoms with Crippen LogP contribution < -0.4 is 15.0 Å². The van der Waals surface area contributed by atoms with Crippen molar-refractivity contribution in [3.8, 4) is 5.75 Å². The van der Waals surface area contributed by atoms with Gasteiger partial charge in [0.1, 0.15) is 11.8 Å². The molecule has 0 bridgehead atoms. The Morgan fingerprint density at radius 1 is 1.03 bits per heavy atom. The molecule has 3 aromatic carbocycles. The van der Waals surface area contributed by atoms with Gasteiger partial charge in [0.2, 0.25) is 11.8 Å². The van der Waals surface area contributed by atoms with Crippen LogP contribution in [0.15, 0.2) is 60.7 Å². The van der Waals surface area contributed by atoms with Gasteiger partial charge in [-0.05, 0) is 54.5 Å². The van der Waals surface area contributed by atoms with E-state index in [1.165, 1.54) is 0 Å². The number of unbranched alkanes of at least 4 members (excludes halogenated alkanes) is 1. The van der Waals surface area contributed by atoms with Gasteiger partial charge in [0.25, 0.3) is 5.91 Å². The lowest BCUT2D eigenvalue weighted by Crippen LogP contribution is -2.49. The van der Waals surface area contributed by atoms with Gasteiger partial charge in [0.05, 0.1) is 12.8 Å². The predicted molar refractivity (Wildman–Crippen MR) is 150 cm³/mol. The zero-order valence-electron chi connectivity index (χ0n) is 22.5. The van der Waals surface area contributed by atoms with E-state index in [1.54, 1.807) is 16.9 Å². The smallest absolute Gasteiger partial charge is 0.258 e. The summed E-state index contributed by atoms with van der Waals surface area (Å²) in [6.07, 6.45) is 3.12. The zero-order chi connectivity index (χ0) is 27.1. The average molecular weight is 516 g/mol. The van der Waals surface area contributed by atoms with E-state index in [1.807, 2.05) is 67.6 Å². The van der Waals surface area contributed by atoms with Crippen LogP contribution in [0.1, 0.15) is 61.9 Å². The van der Waals surface area contributed by atoms with Crippen LogP contribution in [0.2, 0.25) is 0 Å². The second kappa shape index (κ2) is 12.6. The molecule has 0 saturated carbocycles. The summed E-state index contributed by atoms with van der Waals surface area (Å²) in [6, 6.07) is 18.7. The highest BCUT2D eigenvalue weighted by Crippen LogP contribution is 2.37. The van der Waals surface area contributed by atoms with E-state index in [0.29, 0.717) is 43.8 Å². The number of hydrogen-bond donors (Lipinski definition) is 1. The highest BCUT2D eigenvalue weighted by Gasteiger charge is 2.31. The van der Waals surface area contributed by atoms with Gasteiger partial charge in [-0.2, -0.15) is 0 Å². The SMILES string of the molecule is CCCCNC(=O)[C@H](CC)N(Cc1cccc(OC)c1)C(=O)CCCN1C(=O)c2cccc3cccc1c23. The Morgan fingerprint density at radius 3 is 2.53 bits per heavy atom. The number of methoxy groups -OCH3 is 1. The molecule has 4 rings (SSSR count). The van der Waals surface area contributed by atoms with E-state index in [4.69, 9.17) is 4.74 Å². The van der Waals surface area contributed by atoms with Crippen molar-refractivity contribution >= 4 is 34.2 Å². The maximum Gasteiger partial charge on any atom is 0.258 e. The quantitative estimate of drug-likeness (QED) is 0.313. The number of benzene rings is 3. The van der Waals surface area contributed by atoms with Crippen molar-refractivity contribution < 1.29 is 19.1 Å². The molecule has 7 heteroatoms. The summed E-state index contributed by atoms with van der Waals surface area (Å²) in [6.45, 7) is 5.34. The van der Waals surface area contributed by atoms with Gasteiger partial charge in [0.15, 0.2) is 0 Å². The maximum absolute atomic E-state index is 13.6. The Morgan fingerprint density at radius 2 is 1.79 bits per heavy atom. The van der Waals surface area contributed by atoms with Gasteiger partial charge in [0, 0.05) is 37.0 Å². The Bertz CT molecular complexity index is 1300. The minimum Gasteiger partial charge on any atom is -0.497 e. The number of amides is 3. The Labute approximate surface area is 224 Å². The molecular formula is C31H37N3O4. The van der Waals surface area contributed by atoms with Crippen molar-refractivity contribution in [3.05, 3.63) is 71.8 Å². The molecule has 0 aliphatic carbocycles. The second-order valence-corrected chi connectivity index (χ2v) is 9.68. The van der Waals surface area contributed by atoms with Crippen LogP contribution in [0.25, 0.3) is 10.8 Å². The van der Waals surface area contributed by atoms with E-state index >= 15 is 0 Å². The summed E-state index contributed by atoms with van der Waals surface area (Å²) in [5, 5.41) is 5.01. The monoisotopic (exact) mass is 515 g/mol. The Hall–Kier alpha value is -3.87. The average Bonchev–Trinajstić information content (AvgIpc) is 3.21. The molecule has 200 valence electrons. The van der Waals surface area contributed by atoms with Gasteiger partial charge in [-0.25, -0.2) is 0 Å². The minimum absolute atomic E-state index is 0.0285. The van der Waals surface area contributed by atoms with E-state index in [0.717, 1.165) is 34.9 Å². The molecule has 7 nitrogen and oxygen atoms in total. The molecule has 3 amide bonds. The molecule has 0 aromatic heterocycles. The van der Waals surface area contributed by atoms with Crippen LogP contribution in [0, 0.1) is 0 Å². The van der Waals surface area contributed by atoms with Crippen LogP contribution >= 0.6 is 0 Å². The fraction of sp³-hybridized carbons (Fsp3) is 0.387. The standard InChI is InChI=1S/C31H37N3O4/c1-4-6-18-32-30(36)26(5-2)34(21-22-11-7-14-24(20-22)38-3)28(35)17-10-19-33-27-16-9-13-23-12-8-15-25(29(23)27)31(33)37/h7-9,11-16,20,26H,4-6,10,17-19,21H2,1-3H3,(H,32,36)/t26-/m0/s1. The molecule has 1 atom stereocenters. The first kappa shape index (κ1) is 27.2. The molecule has 1 heterocycles. The van der Waals surface area contributed by atoms with Crippen molar-refractivity contribution in [2.24, 2.45) is 0 Å². The lowest BCUT2D eigenvalue weighted by atomic mass is 10.1. The highest BCUT2D eigenvalue weighted by molar-refractivity contribution is 6.25. The molecule has 1 N–H and O–H groups in total. The molecule has 0 radical (unpaired) electrons. The summed E-state index contributed by atoms with van der Waals surface area (Å²) in [5.41, 5.74) is 2.50. The number of carbonyl (C=O) groups is 3. The minimum atomic E-state index is -0.572. The van der Waals surface area contributed by atoms with Crippen LogP contribution in [-0.2, 0) is 16.1 Å². The van der Waals surface area contributed by atoms with E-state index in [2.05, 4.69) is 12.2 Å². The summed E-state index contributed by atoms with van der Waals surface area (Å²) in [4.78, 5) is 43.3. The van der Waals surface area contributed by atoms with Gasteiger partial charge >= 0.3 is 0 Å². The van der Waals surface area contributed by atoms with Crippen molar-refractivity contribution in [2.75, 3.05) is 25.1 Å². The summed E-state index contributed by atoms with van der Waals surface area (Å²) >= 11 is 0. The Balaban J connectivity index is 1.48. The predicted octanol–water partition coefficient (Wildman–Crippen LogP) is 5.31.